The highest BCUT2D eigenvalue weighted by molar-refractivity contribution is 5.76. The van der Waals surface area contributed by atoms with E-state index >= 15 is 0 Å². The van der Waals surface area contributed by atoms with Gasteiger partial charge >= 0.3 is 0 Å². The molecule has 0 aromatic heterocycles. The number of methoxy groups -OCH3 is 2. The van der Waals surface area contributed by atoms with Crippen molar-refractivity contribution in [1.82, 2.24) is 5.32 Å². The molecule has 0 fully saturated rings. The van der Waals surface area contributed by atoms with Crippen LogP contribution in [0.15, 0.2) is 18.2 Å². The Labute approximate surface area is 125 Å². The van der Waals surface area contributed by atoms with Crippen molar-refractivity contribution >= 4 is 5.91 Å². The number of hydrogen-bond donors (Lipinski definition) is 2. The molecule has 0 bridgehead atoms. The van der Waals surface area contributed by atoms with E-state index in [4.69, 9.17) is 19.9 Å². The lowest BCUT2D eigenvalue weighted by atomic mass is 10.2. The molecule has 0 aliphatic carbocycles. The van der Waals surface area contributed by atoms with Gasteiger partial charge in [0.15, 0.2) is 11.5 Å². The smallest absolute Gasteiger partial charge is 0.222 e. The molecule has 0 saturated heterocycles. The van der Waals surface area contributed by atoms with Crippen molar-refractivity contribution in [2.24, 2.45) is 5.73 Å². The maximum Gasteiger partial charge on any atom is 0.222 e. The van der Waals surface area contributed by atoms with E-state index in [0.29, 0.717) is 31.2 Å². The second-order valence-corrected chi connectivity index (χ2v) is 4.49. The minimum atomic E-state index is -0.250. The standard InChI is InChI=1S/C15H24N2O4/c1-4-21-14-7-11(5-6-13(14)20-3)10-17-15(18)8-12(9-16)19-2/h5-7,12H,4,8-10,16H2,1-3H3,(H,17,18). The molecule has 0 spiro atoms. The molecule has 0 saturated carbocycles. The molecule has 1 aromatic carbocycles. The van der Waals surface area contributed by atoms with E-state index in [-0.39, 0.29) is 18.4 Å². The first kappa shape index (κ1) is 17.3. The summed E-state index contributed by atoms with van der Waals surface area (Å²) in [6.45, 7) is 3.20. The number of carbonyl (C=O) groups excluding carboxylic acids is 1. The Morgan fingerprint density at radius 1 is 1.33 bits per heavy atom. The monoisotopic (exact) mass is 296 g/mol. The first-order chi connectivity index (χ1) is 10.1. The van der Waals surface area contributed by atoms with Crippen molar-refractivity contribution in [3.05, 3.63) is 23.8 Å². The van der Waals surface area contributed by atoms with E-state index < -0.39 is 0 Å². The van der Waals surface area contributed by atoms with E-state index in [9.17, 15) is 4.79 Å². The average Bonchev–Trinajstić information content (AvgIpc) is 2.51. The van der Waals surface area contributed by atoms with Gasteiger partial charge in [-0.25, -0.2) is 0 Å². The molecule has 118 valence electrons. The summed E-state index contributed by atoms with van der Waals surface area (Å²) in [5, 5.41) is 2.83. The zero-order chi connectivity index (χ0) is 15.7. The fraction of sp³-hybridized carbons (Fsp3) is 0.533. The Bertz CT molecular complexity index is 447. The van der Waals surface area contributed by atoms with Gasteiger partial charge in [0.2, 0.25) is 5.91 Å². The summed E-state index contributed by atoms with van der Waals surface area (Å²) >= 11 is 0. The van der Waals surface area contributed by atoms with Gasteiger partial charge in [-0.2, -0.15) is 0 Å². The van der Waals surface area contributed by atoms with Crippen LogP contribution in [0.5, 0.6) is 11.5 Å². The van der Waals surface area contributed by atoms with Crippen LogP contribution in [0.25, 0.3) is 0 Å². The van der Waals surface area contributed by atoms with Gasteiger partial charge in [0.25, 0.3) is 0 Å². The highest BCUT2D eigenvalue weighted by atomic mass is 16.5. The highest BCUT2D eigenvalue weighted by Gasteiger charge is 2.11. The third-order valence-corrected chi connectivity index (χ3v) is 3.03. The summed E-state index contributed by atoms with van der Waals surface area (Å²) in [6, 6.07) is 5.57. The second kappa shape index (κ2) is 9.20. The number of ether oxygens (including phenoxy) is 3. The van der Waals surface area contributed by atoms with Crippen molar-refractivity contribution in [1.29, 1.82) is 0 Å². The Morgan fingerprint density at radius 2 is 2.10 bits per heavy atom. The molecular weight excluding hydrogens is 272 g/mol. The lowest BCUT2D eigenvalue weighted by molar-refractivity contribution is -0.123. The topological polar surface area (TPSA) is 82.8 Å². The van der Waals surface area contributed by atoms with Gasteiger partial charge < -0.3 is 25.3 Å². The Kier molecular flexibility index (Phi) is 7.56. The summed E-state index contributed by atoms with van der Waals surface area (Å²) in [5.74, 6) is 1.25. The summed E-state index contributed by atoms with van der Waals surface area (Å²) in [7, 11) is 3.14. The molecule has 0 heterocycles. The minimum absolute atomic E-state index is 0.0962. The van der Waals surface area contributed by atoms with E-state index in [1.54, 1.807) is 14.2 Å². The maximum absolute atomic E-state index is 11.8. The second-order valence-electron chi connectivity index (χ2n) is 4.49. The third kappa shape index (κ3) is 5.61. The van der Waals surface area contributed by atoms with Gasteiger partial charge in [-0.3, -0.25) is 4.79 Å². The zero-order valence-corrected chi connectivity index (χ0v) is 12.8. The van der Waals surface area contributed by atoms with Crippen molar-refractivity contribution in [2.75, 3.05) is 27.4 Å². The SMILES string of the molecule is CCOc1cc(CNC(=O)CC(CN)OC)ccc1OC. The Hall–Kier alpha value is -1.79. The van der Waals surface area contributed by atoms with Crippen LogP contribution in [0.3, 0.4) is 0 Å². The summed E-state index contributed by atoms with van der Waals surface area (Å²) < 4.78 is 15.8. The van der Waals surface area contributed by atoms with Gasteiger partial charge in [0.05, 0.1) is 26.2 Å². The number of nitrogens with two attached hydrogens (primary N) is 1. The predicted octanol–water partition coefficient (Wildman–Crippen LogP) is 1.07. The molecule has 6 heteroatoms. The van der Waals surface area contributed by atoms with Gasteiger partial charge in [-0.05, 0) is 24.6 Å². The maximum atomic E-state index is 11.8. The lowest BCUT2D eigenvalue weighted by Gasteiger charge is -2.14. The molecule has 1 atom stereocenters. The van der Waals surface area contributed by atoms with Crippen LogP contribution < -0.4 is 20.5 Å². The van der Waals surface area contributed by atoms with Gasteiger partial charge in [-0.1, -0.05) is 6.07 Å². The molecule has 1 aromatic rings. The molecular formula is C15H24N2O4. The zero-order valence-electron chi connectivity index (χ0n) is 12.8. The van der Waals surface area contributed by atoms with E-state index in [0.717, 1.165) is 5.56 Å². The quantitative estimate of drug-likeness (QED) is 0.712. The number of nitrogens with one attached hydrogen (secondary N) is 1. The van der Waals surface area contributed by atoms with Crippen LogP contribution in [0.2, 0.25) is 0 Å². The predicted molar refractivity (Wildman–Crippen MR) is 80.5 cm³/mol. The van der Waals surface area contributed by atoms with Gasteiger partial charge in [-0.15, -0.1) is 0 Å². The first-order valence-electron chi connectivity index (χ1n) is 6.93. The largest absolute Gasteiger partial charge is 0.493 e. The number of amides is 1. The number of carbonyl (C=O) groups is 1. The van der Waals surface area contributed by atoms with E-state index in [1.807, 2.05) is 25.1 Å². The highest BCUT2D eigenvalue weighted by Crippen LogP contribution is 2.27. The van der Waals surface area contributed by atoms with Crippen molar-refractivity contribution in [3.63, 3.8) is 0 Å². The molecule has 3 N–H and O–H groups in total. The molecule has 0 aliphatic rings. The van der Waals surface area contributed by atoms with Crippen LogP contribution in [0.1, 0.15) is 18.9 Å². The Balaban J connectivity index is 2.58. The summed E-state index contributed by atoms with van der Waals surface area (Å²) in [6.07, 6.45) is 0.00132. The van der Waals surface area contributed by atoms with E-state index in [1.165, 1.54) is 0 Å². The molecule has 1 rings (SSSR count). The van der Waals surface area contributed by atoms with Crippen molar-refractivity contribution in [3.8, 4) is 11.5 Å². The average molecular weight is 296 g/mol. The van der Waals surface area contributed by atoms with Crippen molar-refractivity contribution < 1.29 is 19.0 Å². The van der Waals surface area contributed by atoms with Crippen LogP contribution in [0, 0.1) is 0 Å². The number of rotatable bonds is 9. The molecule has 0 aliphatic heterocycles. The van der Waals surface area contributed by atoms with Crippen LogP contribution in [0.4, 0.5) is 0 Å². The molecule has 0 radical (unpaired) electrons. The number of hydrogen-bond acceptors (Lipinski definition) is 5. The first-order valence-corrected chi connectivity index (χ1v) is 6.93. The summed E-state index contributed by atoms with van der Waals surface area (Å²) in [4.78, 5) is 11.8. The van der Waals surface area contributed by atoms with Gasteiger partial charge in [0, 0.05) is 20.2 Å². The normalized spacial score (nSPS) is 11.8. The fourth-order valence-electron chi connectivity index (χ4n) is 1.84. The Morgan fingerprint density at radius 3 is 2.67 bits per heavy atom. The number of benzene rings is 1. The van der Waals surface area contributed by atoms with Crippen LogP contribution in [-0.4, -0.2) is 39.4 Å². The molecule has 1 amide bonds. The molecule has 1 unspecified atom stereocenters. The van der Waals surface area contributed by atoms with Crippen LogP contribution >= 0.6 is 0 Å². The molecule has 6 nitrogen and oxygen atoms in total. The summed E-state index contributed by atoms with van der Waals surface area (Å²) in [5.41, 5.74) is 6.43. The van der Waals surface area contributed by atoms with Crippen molar-refractivity contribution in [2.45, 2.75) is 26.0 Å². The van der Waals surface area contributed by atoms with E-state index in [2.05, 4.69) is 5.32 Å². The lowest BCUT2D eigenvalue weighted by Crippen LogP contribution is -2.31. The van der Waals surface area contributed by atoms with Gasteiger partial charge in [0.1, 0.15) is 0 Å². The molecule has 21 heavy (non-hydrogen) atoms. The van der Waals surface area contributed by atoms with Crippen LogP contribution in [-0.2, 0) is 16.1 Å². The fourth-order valence-corrected chi connectivity index (χ4v) is 1.84. The minimum Gasteiger partial charge on any atom is -0.493 e. The third-order valence-electron chi connectivity index (χ3n) is 3.03.